The van der Waals surface area contributed by atoms with E-state index >= 15 is 0 Å². The van der Waals surface area contributed by atoms with Gasteiger partial charge in [-0.3, -0.25) is 14.5 Å². The van der Waals surface area contributed by atoms with Crippen LogP contribution in [0.25, 0.3) is 0 Å². The Kier molecular flexibility index (Phi) is 5.08. The molecule has 2 fully saturated rings. The molecule has 5 nitrogen and oxygen atoms in total. The Labute approximate surface area is 168 Å². The van der Waals surface area contributed by atoms with Crippen LogP contribution in [0.4, 0.5) is 15.8 Å². The normalized spacial score (nSPS) is 20.9. The number of imide groups is 1. The van der Waals surface area contributed by atoms with Crippen LogP contribution in [0.5, 0.6) is 0 Å². The summed E-state index contributed by atoms with van der Waals surface area (Å²) >= 11 is 6.14. The summed E-state index contributed by atoms with van der Waals surface area (Å²) in [4.78, 5) is 30.8. The van der Waals surface area contributed by atoms with Gasteiger partial charge in [-0.25, -0.2) is 9.29 Å². The predicted octanol–water partition coefficient (Wildman–Crippen LogP) is 3.24. The second-order valence-corrected chi connectivity index (χ2v) is 7.66. The van der Waals surface area contributed by atoms with E-state index in [1.54, 1.807) is 6.07 Å². The van der Waals surface area contributed by atoms with Gasteiger partial charge in [0.1, 0.15) is 5.82 Å². The molecule has 2 saturated heterocycles. The molecule has 28 heavy (non-hydrogen) atoms. The lowest BCUT2D eigenvalue weighted by Gasteiger charge is -2.38. The molecular weight excluding hydrogens is 381 g/mol. The lowest BCUT2D eigenvalue weighted by Crippen LogP contribution is -2.52. The van der Waals surface area contributed by atoms with Crippen LogP contribution in [0.15, 0.2) is 42.5 Å². The van der Waals surface area contributed by atoms with Crippen molar-refractivity contribution < 1.29 is 14.0 Å². The van der Waals surface area contributed by atoms with Gasteiger partial charge in [-0.05, 0) is 42.8 Å². The van der Waals surface area contributed by atoms with Crippen LogP contribution in [-0.4, -0.2) is 48.9 Å². The van der Waals surface area contributed by atoms with Crippen molar-refractivity contribution in [2.75, 3.05) is 36.0 Å². The van der Waals surface area contributed by atoms with Gasteiger partial charge >= 0.3 is 0 Å². The zero-order valence-corrected chi connectivity index (χ0v) is 16.3. The Morgan fingerprint density at radius 2 is 1.79 bits per heavy atom. The number of anilines is 2. The van der Waals surface area contributed by atoms with Crippen LogP contribution in [0.1, 0.15) is 12.0 Å². The first-order chi connectivity index (χ1) is 13.4. The molecule has 0 bridgehead atoms. The molecule has 0 N–H and O–H groups in total. The molecular formula is C21H21ClFN3O2. The Balaban J connectivity index is 1.46. The smallest absolute Gasteiger partial charge is 0.251 e. The number of piperazine rings is 1. The Morgan fingerprint density at radius 1 is 1.04 bits per heavy atom. The summed E-state index contributed by atoms with van der Waals surface area (Å²) in [7, 11) is 0. The highest BCUT2D eigenvalue weighted by atomic mass is 35.5. The van der Waals surface area contributed by atoms with Gasteiger partial charge in [0.15, 0.2) is 0 Å². The Hall–Kier alpha value is -2.44. The highest BCUT2D eigenvalue weighted by molar-refractivity contribution is 6.30. The lowest BCUT2D eigenvalue weighted by molar-refractivity contribution is -0.123. The van der Waals surface area contributed by atoms with Crippen LogP contribution in [0.3, 0.4) is 0 Å². The predicted molar refractivity (Wildman–Crippen MR) is 107 cm³/mol. The van der Waals surface area contributed by atoms with E-state index in [2.05, 4.69) is 9.80 Å². The maximum absolute atomic E-state index is 13.5. The van der Waals surface area contributed by atoms with E-state index in [0.717, 1.165) is 29.2 Å². The van der Waals surface area contributed by atoms with E-state index in [0.29, 0.717) is 23.8 Å². The first kappa shape index (κ1) is 18.9. The molecule has 0 spiro atoms. The third-order valence-electron chi connectivity index (χ3n) is 5.46. The minimum Gasteiger partial charge on any atom is -0.369 e. The van der Waals surface area contributed by atoms with Crippen molar-refractivity contribution in [1.29, 1.82) is 0 Å². The van der Waals surface area contributed by atoms with E-state index < -0.39 is 11.9 Å². The number of nitrogens with zero attached hydrogens (tertiary/aromatic N) is 3. The minimum atomic E-state index is -0.488. The van der Waals surface area contributed by atoms with Gasteiger partial charge in [-0.1, -0.05) is 23.7 Å². The number of amides is 2. The zero-order valence-electron chi connectivity index (χ0n) is 15.6. The zero-order chi connectivity index (χ0) is 19.8. The van der Waals surface area contributed by atoms with Gasteiger partial charge in [-0.2, -0.15) is 0 Å². The molecule has 0 aromatic heterocycles. The maximum atomic E-state index is 13.5. The lowest BCUT2D eigenvalue weighted by atomic mass is 10.1. The summed E-state index contributed by atoms with van der Waals surface area (Å²) in [6, 6.07) is 11.0. The van der Waals surface area contributed by atoms with E-state index in [9.17, 15) is 14.0 Å². The van der Waals surface area contributed by atoms with E-state index in [1.165, 1.54) is 18.2 Å². The number of carbonyl (C=O) groups excluding carboxylic acids is 2. The monoisotopic (exact) mass is 401 g/mol. The fourth-order valence-corrected chi connectivity index (χ4v) is 4.15. The van der Waals surface area contributed by atoms with Crippen molar-refractivity contribution in [3.63, 3.8) is 0 Å². The van der Waals surface area contributed by atoms with Crippen molar-refractivity contribution in [1.82, 2.24) is 4.90 Å². The summed E-state index contributed by atoms with van der Waals surface area (Å²) in [5.41, 5.74) is 2.55. The van der Waals surface area contributed by atoms with E-state index in [1.807, 2.05) is 25.1 Å². The van der Waals surface area contributed by atoms with Gasteiger partial charge in [0, 0.05) is 36.9 Å². The van der Waals surface area contributed by atoms with Crippen LogP contribution in [-0.2, 0) is 9.59 Å². The fourth-order valence-electron chi connectivity index (χ4n) is 3.99. The van der Waals surface area contributed by atoms with E-state index in [-0.39, 0.29) is 18.2 Å². The van der Waals surface area contributed by atoms with Crippen LogP contribution >= 0.6 is 11.6 Å². The number of hydrogen-bond donors (Lipinski definition) is 0. The summed E-state index contributed by atoms with van der Waals surface area (Å²) in [6.07, 6.45) is 0.130. The maximum Gasteiger partial charge on any atom is 0.251 e. The molecule has 2 aliphatic heterocycles. The third-order valence-corrected chi connectivity index (χ3v) is 5.69. The molecule has 1 atom stereocenters. The minimum absolute atomic E-state index is 0.130. The number of rotatable bonds is 3. The Bertz CT molecular complexity index is 928. The van der Waals surface area contributed by atoms with Crippen molar-refractivity contribution in [3.05, 3.63) is 58.9 Å². The molecule has 2 heterocycles. The molecule has 7 heteroatoms. The quantitative estimate of drug-likeness (QED) is 0.741. The van der Waals surface area contributed by atoms with Crippen molar-refractivity contribution in [3.8, 4) is 0 Å². The number of benzene rings is 2. The highest BCUT2D eigenvalue weighted by Gasteiger charge is 2.43. The first-order valence-corrected chi connectivity index (χ1v) is 9.69. The van der Waals surface area contributed by atoms with Crippen molar-refractivity contribution in [2.45, 2.75) is 19.4 Å². The third kappa shape index (κ3) is 3.50. The van der Waals surface area contributed by atoms with Crippen molar-refractivity contribution in [2.24, 2.45) is 0 Å². The molecule has 2 aliphatic rings. The van der Waals surface area contributed by atoms with Crippen LogP contribution < -0.4 is 9.80 Å². The topological polar surface area (TPSA) is 43.9 Å². The average Bonchev–Trinajstić information content (AvgIpc) is 2.98. The molecule has 0 radical (unpaired) electrons. The second-order valence-electron chi connectivity index (χ2n) is 7.22. The van der Waals surface area contributed by atoms with Gasteiger partial charge in [0.25, 0.3) is 5.91 Å². The summed E-state index contributed by atoms with van der Waals surface area (Å²) in [5.74, 6) is -1.02. The molecule has 2 aromatic carbocycles. The molecule has 0 aliphatic carbocycles. The Morgan fingerprint density at radius 3 is 2.50 bits per heavy atom. The molecule has 0 unspecified atom stereocenters. The molecule has 146 valence electrons. The fraction of sp³-hybridized carbons (Fsp3) is 0.333. The van der Waals surface area contributed by atoms with Gasteiger partial charge in [0.2, 0.25) is 5.91 Å². The number of carbonyl (C=O) groups is 2. The van der Waals surface area contributed by atoms with Gasteiger partial charge < -0.3 is 4.90 Å². The van der Waals surface area contributed by atoms with Crippen LogP contribution in [0, 0.1) is 12.7 Å². The van der Waals surface area contributed by atoms with Gasteiger partial charge in [-0.15, -0.1) is 0 Å². The summed E-state index contributed by atoms with van der Waals surface area (Å²) < 4.78 is 13.5. The molecule has 2 aromatic rings. The van der Waals surface area contributed by atoms with Crippen molar-refractivity contribution >= 4 is 34.8 Å². The molecule has 4 rings (SSSR count). The second kappa shape index (κ2) is 7.53. The van der Waals surface area contributed by atoms with E-state index in [4.69, 9.17) is 11.6 Å². The van der Waals surface area contributed by atoms with Gasteiger partial charge in [0.05, 0.1) is 18.2 Å². The number of hydrogen-bond acceptors (Lipinski definition) is 4. The average molecular weight is 402 g/mol. The summed E-state index contributed by atoms with van der Waals surface area (Å²) in [5, 5.41) is 0.699. The summed E-state index contributed by atoms with van der Waals surface area (Å²) in [6.45, 7) is 4.89. The standard InChI is InChI=1S/C21H21ClFN3O2/c1-14-5-6-15(22)11-18(14)24-7-9-25(10-8-24)19-13-20(27)26(21(19)28)17-4-2-3-16(23)12-17/h2-6,11-12,19H,7-10,13H2,1H3/t19-/m0/s1. The number of halogens is 2. The first-order valence-electron chi connectivity index (χ1n) is 9.31. The SMILES string of the molecule is Cc1ccc(Cl)cc1N1CCN([C@H]2CC(=O)N(c3cccc(F)c3)C2=O)CC1. The largest absolute Gasteiger partial charge is 0.369 e. The highest BCUT2D eigenvalue weighted by Crippen LogP contribution is 2.29. The molecule has 2 amide bonds. The number of aryl methyl sites for hydroxylation is 1. The molecule has 0 saturated carbocycles. The van der Waals surface area contributed by atoms with Crippen LogP contribution in [0.2, 0.25) is 5.02 Å².